The summed E-state index contributed by atoms with van der Waals surface area (Å²) in [6.45, 7) is 4.26. The number of nitrogens with zero attached hydrogens (tertiary/aromatic N) is 1. The van der Waals surface area contributed by atoms with E-state index >= 15 is 0 Å². The predicted octanol–water partition coefficient (Wildman–Crippen LogP) is 1.42. The van der Waals surface area contributed by atoms with E-state index in [1.54, 1.807) is 6.07 Å². The fourth-order valence-corrected chi connectivity index (χ4v) is 2.51. The Morgan fingerprint density at radius 1 is 1.50 bits per heavy atom. The second-order valence-electron chi connectivity index (χ2n) is 4.93. The molecule has 1 heterocycles. The second kappa shape index (κ2) is 6.72. The van der Waals surface area contributed by atoms with E-state index in [1.165, 1.54) is 7.11 Å². The summed E-state index contributed by atoms with van der Waals surface area (Å²) in [4.78, 5) is 13.8. The smallest absolute Gasteiger partial charge is 0.337 e. The van der Waals surface area contributed by atoms with Crippen LogP contribution in [-0.2, 0) is 9.47 Å². The SMILES string of the molecule is CCOC1CN(c2cccc(C(=O)OC)c2)CCC1N. The number of ether oxygens (including phenoxy) is 2. The maximum Gasteiger partial charge on any atom is 0.337 e. The van der Waals surface area contributed by atoms with Crippen LogP contribution >= 0.6 is 0 Å². The highest BCUT2D eigenvalue weighted by Gasteiger charge is 2.27. The topological polar surface area (TPSA) is 64.8 Å². The molecule has 0 aliphatic carbocycles. The van der Waals surface area contributed by atoms with Crippen LogP contribution in [0.1, 0.15) is 23.7 Å². The zero-order valence-electron chi connectivity index (χ0n) is 12.0. The minimum absolute atomic E-state index is 0.0375. The number of nitrogens with two attached hydrogens (primary N) is 1. The molecular weight excluding hydrogens is 256 g/mol. The Morgan fingerprint density at radius 3 is 3.00 bits per heavy atom. The minimum Gasteiger partial charge on any atom is -0.465 e. The fraction of sp³-hybridized carbons (Fsp3) is 0.533. The largest absolute Gasteiger partial charge is 0.465 e. The van der Waals surface area contributed by atoms with Crippen molar-refractivity contribution in [3.8, 4) is 0 Å². The number of carbonyl (C=O) groups is 1. The summed E-state index contributed by atoms with van der Waals surface area (Å²) in [6.07, 6.45) is 0.920. The second-order valence-corrected chi connectivity index (χ2v) is 4.93. The molecule has 5 heteroatoms. The van der Waals surface area contributed by atoms with Crippen molar-refractivity contribution in [2.24, 2.45) is 5.73 Å². The lowest BCUT2D eigenvalue weighted by atomic mass is 10.0. The molecule has 1 fully saturated rings. The number of esters is 1. The molecule has 20 heavy (non-hydrogen) atoms. The van der Waals surface area contributed by atoms with Crippen LogP contribution in [-0.4, -0.2) is 44.9 Å². The zero-order chi connectivity index (χ0) is 14.5. The van der Waals surface area contributed by atoms with Gasteiger partial charge in [0.15, 0.2) is 0 Å². The van der Waals surface area contributed by atoms with E-state index in [0.29, 0.717) is 12.2 Å². The number of piperidine rings is 1. The third kappa shape index (κ3) is 3.29. The van der Waals surface area contributed by atoms with Gasteiger partial charge in [0.25, 0.3) is 0 Å². The molecule has 110 valence electrons. The van der Waals surface area contributed by atoms with Gasteiger partial charge >= 0.3 is 5.97 Å². The first-order valence-electron chi connectivity index (χ1n) is 6.96. The van der Waals surface area contributed by atoms with Gasteiger partial charge in [0.2, 0.25) is 0 Å². The summed E-state index contributed by atoms with van der Waals surface area (Å²) >= 11 is 0. The molecule has 0 amide bonds. The van der Waals surface area contributed by atoms with Gasteiger partial charge in [0, 0.05) is 31.4 Å². The molecular formula is C15H22N2O3. The molecule has 2 N–H and O–H groups in total. The van der Waals surface area contributed by atoms with E-state index in [0.717, 1.165) is 25.2 Å². The molecule has 0 aromatic heterocycles. The highest BCUT2D eigenvalue weighted by molar-refractivity contribution is 5.90. The van der Waals surface area contributed by atoms with E-state index in [4.69, 9.17) is 15.2 Å². The molecule has 0 spiro atoms. The molecule has 0 bridgehead atoms. The van der Waals surface area contributed by atoms with Crippen molar-refractivity contribution in [1.82, 2.24) is 0 Å². The number of carbonyl (C=O) groups excluding carboxylic acids is 1. The van der Waals surface area contributed by atoms with Crippen molar-refractivity contribution in [2.75, 3.05) is 31.7 Å². The van der Waals surface area contributed by atoms with Crippen LogP contribution in [0.2, 0.25) is 0 Å². The normalized spacial score (nSPS) is 22.6. The van der Waals surface area contributed by atoms with Gasteiger partial charge in [0.05, 0.1) is 18.8 Å². The third-order valence-electron chi connectivity index (χ3n) is 3.62. The average Bonchev–Trinajstić information content (AvgIpc) is 2.49. The van der Waals surface area contributed by atoms with Crippen LogP contribution in [0.15, 0.2) is 24.3 Å². The van der Waals surface area contributed by atoms with Crippen LogP contribution in [0.25, 0.3) is 0 Å². The molecule has 5 nitrogen and oxygen atoms in total. The van der Waals surface area contributed by atoms with Gasteiger partial charge in [-0.2, -0.15) is 0 Å². The summed E-state index contributed by atoms with van der Waals surface area (Å²) in [6, 6.07) is 7.55. The van der Waals surface area contributed by atoms with Crippen LogP contribution in [0, 0.1) is 0 Å². The minimum atomic E-state index is -0.318. The van der Waals surface area contributed by atoms with Gasteiger partial charge in [-0.3, -0.25) is 0 Å². The lowest BCUT2D eigenvalue weighted by Gasteiger charge is -2.38. The maximum atomic E-state index is 11.6. The van der Waals surface area contributed by atoms with Crippen LogP contribution in [0.3, 0.4) is 0 Å². The molecule has 1 aromatic rings. The first kappa shape index (κ1) is 14.8. The van der Waals surface area contributed by atoms with Crippen molar-refractivity contribution < 1.29 is 14.3 Å². The Kier molecular flexibility index (Phi) is 4.98. The van der Waals surface area contributed by atoms with E-state index < -0.39 is 0 Å². The van der Waals surface area contributed by atoms with E-state index in [9.17, 15) is 4.79 Å². The van der Waals surface area contributed by atoms with E-state index in [1.807, 2.05) is 25.1 Å². The summed E-state index contributed by atoms with van der Waals surface area (Å²) in [5.74, 6) is -0.318. The first-order chi connectivity index (χ1) is 9.65. The van der Waals surface area contributed by atoms with Gasteiger partial charge < -0.3 is 20.1 Å². The predicted molar refractivity (Wildman–Crippen MR) is 78.0 cm³/mol. The number of rotatable bonds is 4. The lowest BCUT2D eigenvalue weighted by Crippen LogP contribution is -2.52. The monoisotopic (exact) mass is 278 g/mol. The van der Waals surface area contributed by atoms with Crippen LogP contribution < -0.4 is 10.6 Å². The maximum absolute atomic E-state index is 11.6. The summed E-state index contributed by atoms with van der Waals surface area (Å²) in [7, 11) is 1.39. The Labute approximate surface area is 119 Å². The molecule has 1 aliphatic rings. The Morgan fingerprint density at radius 2 is 2.30 bits per heavy atom. The zero-order valence-corrected chi connectivity index (χ0v) is 12.0. The molecule has 2 atom stereocenters. The highest BCUT2D eigenvalue weighted by atomic mass is 16.5. The van der Waals surface area contributed by atoms with Crippen molar-refractivity contribution in [1.29, 1.82) is 0 Å². The van der Waals surface area contributed by atoms with Crippen LogP contribution in [0.4, 0.5) is 5.69 Å². The highest BCUT2D eigenvalue weighted by Crippen LogP contribution is 2.22. The van der Waals surface area contributed by atoms with Crippen LogP contribution in [0.5, 0.6) is 0 Å². The van der Waals surface area contributed by atoms with E-state index in [2.05, 4.69) is 4.90 Å². The lowest BCUT2D eigenvalue weighted by molar-refractivity contribution is 0.0389. The number of benzene rings is 1. The number of hydrogen-bond donors (Lipinski definition) is 1. The van der Waals surface area contributed by atoms with Crippen molar-refractivity contribution in [3.63, 3.8) is 0 Å². The number of methoxy groups -OCH3 is 1. The summed E-state index contributed by atoms with van der Waals surface area (Å²) < 4.78 is 10.4. The standard InChI is InChI=1S/C15H22N2O3/c1-3-20-14-10-17(8-7-13(14)16)12-6-4-5-11(9-12)15(18)19-2/h4-6,9,13-14H,3,7-8,10,16H2,1-2H3. The van der Waals surface area contributed by atoms with Gasteiger partial charge in [-0.1, -0.05) is 6.07 Å². The van der Waals surface area contributed by atoms with Gasteiger partial charge in [0.1, 0.15) is 0 Å². The molecule has 2 unspecified atom stereocenters. The fourth-order valence-electron chi connectivity index (χ4n) is 2.51. The van der Waals surface area contributed by atoms with E-state index in [-0.39, 0.29) is 18.1 Å². The third-order valence-corrected chi connectivity index (χ3v) is 3.62. The molecule has 2 rings (SSSR count). The van der Waals surface area contributed by atoms with Crippen molar-refractivity contribution >= 4 is 11.7 Å². The molecule has 1 aliphatic heterocycles. The Bertz CT molecular complexity index is 464. The van der Waals surface area contributed by atoms with Gasteiger partial charge in [-0.05, 0) is 31.5 Å². The summed E-state index contributed by atoms with van der Waals surface area (Å²) in [5, 5.41) is 0. The van der Waals surface area contributed by atoms with Crippen molar-refractivity contribution in [2.45, 2.75) is 25.5 Å². The molecule has 0 radical (unpaired) electrons. The van der Waals surface area contributed by atoms with Crippen molar-refractivity contribution in [3.05, 3.63) is 29.8 Å². The average molecular weight is 278 g/mol. The molecule has 1 aromatic carbocycles. The van der Waals surface area contributed by atoms with Gasteiger partial charge in [-0.15, -0.1) is 0 Å². The number of anilines is 1. The molecule has 1 saturated heterocycles. The number of hydrogen-bond acceptors (Lipinski definition) is 5. The molecule has 0 saturated carbocycles. The Hall–Kier alpha value is -1.59. The Balaban J connectivity index is 2.13. The van der Waals surface area contributed by atoms with Gasteiger partial charge in [-0.25, -0.2) is 4.79 Å². The quantitative estimate of drug-likeness (QED) is 0.844. The first-order valence-corrected chi connectivity index (χ1v) is 6.96. The summed E-state index contributed by atoms with van der Waals surface area (Å²) in [5.41, 5.74) is 7.65.